The molecule has 0 aliphatic carbocycles. The van der Waals surface area contributed by atoms with Gasteiger partial charge in [-0.3, -0.25) is 4.79 Å². The number of anilines is 3. The highest BCUT2D eigenvalue weighted by atomic mass is 32.2. The number of amides is 1. The van der Waals surface area contributed by atoms with Crippen LogP contribution in [-0.4, -0.2) is 45.1 Å². The number of aliphatic imine (C=N–C) groups is 1. The van der Waals surface area contributed by atoms with Crippen molar-refractivity contribution in [1.82, 2.24) is 0 Å². The van der Waals surface area contributed by atoms with Gasteiger partial charge in [0.2, 0.25) is 5.91 Å². The van der Waals surface area contributed by atoms with Crippen LogP contribution < -0.4 is 14.9 Å². The van der Waals surface area contributed by atoms with Crippen LogP contribution in [0.15, 0.2) is 52.4 Å². The number of hydrogen-bond donors (Lipinski definition) is 2. The maximum atomic E-state index is 12.6. The van der Waals surface area contributed by atoms with Crippen molar-refractivity contribution in [2.24, 2.45) is 4.99 Å². The zero-order chi connectivity index (χ0) is 27.0. The molecule has 2 aromatic carbocycles. The van der Waals surface area contributed by atoms with Crippen molar-refractivity contribution in [1.29, 1.82) is 0 Å². The number of benzene rings is 2. The van der Waals surface area contributed by atoms with E-state index in [2.05, 4.69) is 22.5 Å². The number of rotatable bonds is 12. The molecule has 0 radical (unpaired) electrons. The molecule has 0 aliphatic heterocycles. The fourth-order valence-corrected chi connectivity index (χ4v) is 3.57. The number of carbonyl (C=O) groups excluding carboxylic acids is 1. The van der Waals surface area contributed by atoms with Gasteiger partial charge >= 0.3 is 6.18 Å². The Kier molecular flexibility index (Phi) is 14.7. The number of nitrogens with zero attached hydrogens (tertiary/aromatic N) is 2. The third kappa shape index (κ3) is 13.4. The summed E-state index contributed by atoms with van der Waals surface area (Å²) in [5.41, 5.74) is 2.17. The van der Waals surface area contributed by atoms with Crippen molar-refractivity contribution in [3.8, 4) is 0 Å². The molecule has 0 aromatic heterocycles. The smallest absolute Gasteiger partial charge is 0.383 e. The van der Waals surface area contributed by atoms with Gasteiger partial charge in [0.15, 0.2) is 0 Å². The molecule has 0 fully saturated rings. The van der Waals surface area contributed by atoms with Gasteiger partial charge < -0.3 is 19.7 Å². The van der Waals surface area contributed by atoms with Gasteiger partial charge in [0, 0.05) is 50.0 Å². The van der Waals surface area contributed by atoms with E-state index in [0.29, 0.717) is 23.6 Å². The topological polar surface area (TPSA) is 66.0 Å². The van der Waals surface area contributed by atoms with Crippen molar-refractivity contribution in [2.45, 2.75) is 58.0 Å². The Hall–Kier alpha value is -2.72. The second-order valence-corrected chi connectivity index (χ2v) is 8.97. The molecule has 2 aromatic rings. The molecule has 0 aliphatic rings. The summed E-state index contributed by atoms with van der Waals surface area (Å²) in [7, 11) is 1.82. The first kappa shape index (κ1) is 31.3. The molecule has 6 nitrogen and oxygen atoms in total. The van der Waals surface area contributed by atoms with Crippen LogP contribution in [0.4, 0.5) is 35.9 Å². The molecule has 0 saturated heterocycles. The summed E-state index contributed by atoms with van der Waals surface area (Å²) in [4.78, 5) is 15.6. The third-order valence-electron chi connectivity index (χ3n) is 4.52. The fraction of sp³-hybridized carbons (Fsp3) is 0.462. The molecule has 0 atom stereocenters. The van der Waals surface area contributed by atoms with Gasteiger partial charge in [-0.25, -0.2) is 4.99 Å². The summed E-state index contributed by atoms with van der Waals surface area (Å²) >= 11 is 1.41. The Bertz CT molecular complexity index is 934. The fourth-order valence-electron chi connectivity index (χ4n) is 2.78. The molecule has 200 valence electrons. The molecule has 2 N–H and O–H groups in total. The molecule has 0 saturated carbocycles. The van der Waals surface area contributed by atoms with Crippen molar-refractivity contribution < 1.29 is 22.7 Å². The minimum atomic E-state index is -4.48. The van der Waals surface area contributed by atoms with E-state index in [1.807, 2.05) is 43.4 Å². The number of carbonyl (C=O) groups is 1. The number of hydrogen-bond acceptors (Lipinski definition) is 6. The lowest BCUT2D eigenvalue weighted by atomic mass is 10.2. The maximum absolute atomic E-state index is 12.6. The van der Waals surface area contributed by atoms with Crippen molar-refractivity contribution in [3.63, 3.8) is 0 Å². The predicted molar refractivity (Wildman–Crippen MR) is 146 cm³/mol. The molecular weight excluding hydrogens is 489 g/mol. The van der Waals surface area contributed by atoms with Gasteiger partial charge in [0.1, 0.15) is 6.21 Å². The van der Waals surface area contributed by atoms with E-state index in [0.717, 1.165) is 24.5 Å². The van der Waals surface area contributed by atoms with Crippen molar-refractivity contribution in [2.75, 3.05) is 41.7 Å². The van der Waals surface area contributed by atoms with Crippen LogP contribution in [0.3, 0.4) is 0 Å². The highest BCUT2D eigenvalue weighted by molar-refractivity contribution is 8.00. The lowest BCUT2D eigenvalue weighted by Gasteiger charge is -2.20. The van der Waals surface area contributed by atoms with Crippen LogP contribution in [0, 0.1) is 0 Å². The minimum absolute atomic E-state index is 0.00285. The average molecular weight is 527 g/mol. The second kappa shape index (κ2) is 16.9. The van der Waals surface area contributed by atoms with E-state index in [9.17, 15) is 18.0 Å². The molecule has 0 unspecified atom stereocenters. The zero-order valence-corrected chi connectivity index (χ0v) is 22.4. The Balaban J connectivity index is 0.000000809. The van der Waals surface area contributed by atoms with Crippen LogP contribution in [0.5, 0.6) is 0 Å². The molecule has 0 heterocycles. The average Bonchev–Trinajstić information content (AvgIpc) is 2.83. The van der Waals surface area contributed by atoms with E-state index in [1.165, 1.54) is 31.7 Å². The molecule has 1 amide bonds. The molecule has 0 bridgehead atoms. The minimum Gasteiger partial charge on any atom is -0.383 e. The summed E-state index contributed by atoms with van der Waals surface area (Å²) in [6.45, 7) is 10.0. The van der Waals surface area contributed by atoms with Crippen molar-refractivity contribution in [3.05, 3.63) is 42.5 Å². The monoisotopic (exact) mass is 526 g/mol. The van der Waals surface area contributed by atoms with E-state index in [4.69, 9.17) is 4.74 Å². The molecule has 36 heavy (non-hydrogen) atoms. The number of unbranched alkanes of at least 4 members (excludes halogenated alkanes) is 1. The third-order valence-corrected chi connectivity index (χ3v) is 5.49. The van der Waals surface area contributed by atoms with Crippen LogP contribution in [-0.2, 0) is 9.53 Å². The predicted octanol–water partition coefficient (Wildman–Crippen LogP) is 7.70. The normalized spacial score (nSPS) is 11.1. The second-order valence-electron chi connectivity index (χ2n) is 7.77. The van der Waals surface area contributed by atoms with Crippen molar-refractivity contribution >= 4 is 46.8 Å². The SMILES string of the molecule is CCCCOCC.CCCNc1ccc(N(C)Sc2ccc(NC(C)=O)cc2)cc1N=CC(F)(F)F. The zero-order valence-electron chi connectivity index (χ0n) is 21.6. The van der Waals surface area contributed by atoms with E-state index < -0.39 is 6.18 Å². The first-order valence-corrected chi connectivity index (χ1v) is 12.7. The largest absolute Gasteiger partial charge is 0.426 e. The summed E-state index contributed by atoms with van der Waals surface area (Å²) in [5, 5.41) is 5.79. The quantitative estimate of drug-likeness (QED) is 0.169. The number of ether oxygens (including phenoxy) is 1. The van der Waals surface area contributed by atoms with Crippen LogP contribution in [0.25, 0.3) is 0 Å². The summed E-state index contributed by atoms with van der Waals surface area (Å²) in [5.74, 6) is -0.147. The number of halogens is 3. The summed E-state index contributed by atoms with van der Waals surface area (Å²) in [6.07, 6.45) is -1.20. The maximum Gasteiger partial charge on any atom is 0.426 e. The van der Waals surface area contributed by atoms with E-state index in [1.54, 1.807) is 24.3 Å². The Morgan fingerprint density at radius 3 is 2.36 bits per heavy atom. The van der Waals surface area contributed by atoms with E-state index >= 15 is 0 Å². The first-order chi connectivity index (χ1) is 17.1. The molecule has 10 heteroatoms. The number of nitrogens with one attached hydrogen (secondary N) is 2. The highest BCUT2D eigenvalue weighted by Crippen LogP contribution is 2.34. The Morgan fingerprint density at radius 1 is 1.11 bits per heavy atom. The van der Waals surface area contributed by atoms with Crippen LogP contribution >= 0.6 is 11.9 Å². The van der Waals surface area contributed by atoms with Crippen LogP contribution in [0.1, 0.15) is 47.0 Å². The lowest BCUT2D eigenvalue weighted by molar-refractivity contribution is -0.114. The van der Waals surface area contributed by atoms with Gasteiger partial charge in [-0.05, 0) is 74.2 Å². The lowest BCUT2D eigenvalue weighted by Crippen LogP contribution is -2.09. The van der Waals surface area contributed by atoms with Gasteiger partial charge in [0.25, 0.3) is 0 Å². The van der Waals surface area contributed by atoms with Gasteiger partial charge in [-0.15, -0.1) is 0 Å². The van der Waals surface area contributed by atoms with Crippen LogP contribution in [0.2, 0.25) is 0 Å². The van der Waals surface area contributed by atoms with E-state index in [-0.39, 0.29) is 17.8 Å². The summed E-state index contributed by atoms with van der Waals surface area (Å²) < 4.78 is 44.6. The molecule has 0 spiro atoms. The van der Waals surface area contributed by atoms with Gasteiger partial charge in [-0.1, -0.05) is 20.3 Å². The standard InChI is InChI=1S/C20H23F3N4OS.C6H14O/c1-4-11-24-18-10-7-16(12-19(18)25-13-20(21,22)23)27(3)29-17-8-5-15(6-9-17)26-14(2)28;1-3-5-6-7-4-2/h5-10,12-13,24H,4,11H2,1-3H3,(H,26,28);3-6H2,1-2H3. The Labute approximate surface area is 216 Å². The van der Waals surface area contributed by atoms with Gasteiger partial charge in [-0.2, -0.15) is 13.2 Å². The first-order valence-electron chi connectivity index (χ1n) is 12.0. The molecular formula is C26H37F3N4O2S. The Morgan fingerprint density at radius 2 is 1.81 bits per heavy atom. The summed E-state index contributed by atoms with van der Waals surface area (Å²) in [6, 6.07) is 12.4. The molecule has 2 rings (SSSR count). The number of alkyl halides is 3. The van der Waals surface area contributed by atoms with Gasteiger partial charge in [0.05, 0.1) is 11.4 Å². The highest BCUT2D eigenvalue weighted by Gasteiger charge is 2.24.